The van der Waals surface area contributed by atoms with Gasteiger partial charge in [0, 0.05) is 17.4 Å². The summed E-state index contributed by atoms with van der Waals surface area (Å²) < 4.78 is 0. The highest BCUT2D eigenvalue weighted by Gasteiger charge is 2.53. The zero-order chi connectivity index (χ0) is 28.5. The van der Waals surface area contributed by atoms with Crippen molar-refractivity contribution in [3.8, 4) is 0 Å². The minimum atomic E-state index is -1.09. The molecule has 0 radical (unpaired) electrons. The summed E-state index contributed by atoms with van der Waals surface area (Å²) in [6.45, 7) is -1.41. The summed E-state index contributed by atoms with van der Waals surface area (Å²) >= 11 is 0. The van der Waals surface area contributed by atoms with Gasteiger partial charge in [-0.25, -0.2) is 0 Å². The highest BCUT2D eigenvalue weighted by Crippen LogP contribution is 2.49. The molecule has 1 rings (SSSR count). The molecule has 0 amide bonds. The second-order valence-corrected chi connectivity index (χ2v) is 13.0. The number of rotatable bonds is 5. The van der Waals surface area contributed by atoms with Gasteiger partial charge in [0.15, 0.2) is 0 Å². The van der Waals surface area contributed by atoms with Crippen molar-refractivity contribution in [1.29, 1.82) is 0 Å². The lowest BCUT2D eigenvalue weighted by molar-refractivity contribution is -0.159. The third-order valence-electron chi connectivity index (χ3n) is 10.2. The molecule has 1 fully saturated rings. The second-order valence-electron chi connectivity index (χ2n) is 13.0. The summed E-state index contributed by atoms with van der Waals surface area (Å²) in [5.74, 6) is -0.345. The Labute approximate surface area is 242 Å². The van der Waals surface area contributed by atoms with E-state index in [1.165, 1.54) is 122 Å². The Kier molecular flexibility index (Phi) is 23.0. The fourth-order valence-electron chi connectivity index (χ4n) is 7.13. The van der Waals surface area contributed by atoms with Crippen molar-refractivity contribution >= 4 is 0 Å². The molecular formula is C34H68O5. The Morgan fingerprint density at radius 3 is 0.897 bits per heavy atom. The molecule has 1 aliphatic carbocycles. The van der Waals surface area contributed by atoms with Crippen LogP contribution in [-0.2, 0) is 0 Å². The third-order valence-corrected chi connectivity index (χ3v) is 10.2. The summed E-state index contributed by atoms with van der Waals surface area (Å²) in [4.78, 5) is 0. The van der Waals surface area contributed by atoms with E-state index in [9.17, 15) is 25.5 Å². The lowest BCUT2D eigenvalue weighted by Gasteiger charge is -2.51. The second kappa shape index (κ2) is 24.4. The van der Waals surface area contributed by atoms with Crippen LogP contribution in [-0.4, -0.2) is 58.6 Å². The van der Waals surface area contributed by atoms with Crippen LogP contribution >= 0.6 is 0 Å². The molecule has 5 heteroatoms. The van der Waals surface area contributed by atoms with Crippen molar-refractivity contribution in [2.75, 3.05) is 33.0 Å². The average molecular weight is 557 g/mol. The van der Waals surface area contributed by atoms with E-state index in [1.807, 2.05) is 0 Å². The molecule has 0 aromatic heterocycles. The van der Waals surface area contributed by atoms with Crippen LogP contribution in [0.1, 0.15) is 167 Å². The fourth-order valence-corrected chi connectivity index (χ4v) is 7.13. The molecule has 1 saturated carbocycles. The van der Waals surface area contributed by atoms with E-state index in [4.69, 9.17) is 0 Å². The van der Waals surface area contributed by atoms with Crippen LogP contribution < -0.4 is 0 Å². The minimum absolute atomic E-state index is 0.150. The zero-order valence-electron chi connectivity index (χ0n) is 25.7. The molecular weight excluding hydrogens is 488 g/mol. The predicted molar refractivity (Wildman–Crippen MR) is 164 cm³/mol. The monoisotopic (exact) mass is 557 g/mol. The molecule has 0 spiro atoms. The summed E-state index contributed by atoms with van der Waals surface area (Å²) in [6.07, 6.45) is 31.8. The lowest BCUT2D eigenvalue weighted by Crippen LogP contribution is -2.57. The molecule has 0 bridgehead atoms. The van der Waals surface area contributed by atoms with Gasteiger partial charge in [-0.2, -0.15) is 0 Å². The first-order chi connectivity index (χ1) is 19.2. The summed E-state index contributed by atoms with van der Waals surface area (Å²) in [7, 11) is 0. The van der Waals surface area contributed by atoms with Crippen LogP contribution in [0.4, 0.5) is 0 Å². The number of hydrogen-bond acceptors (Lipinski definition) is 5. The Balaban J connectivity index is 2.67. The number of hydrogen-bond donors (Lipinski definition) is 5. The molecule has 5 nitrogen and oxygen atoms in total. The average Bonchev–Trinajstić information content (AvgIpc) is 2.96. The quantitative estimate of drug-likeness (QED) is 0.239. The lowest BCUT2D eigenvalue weighted by atomic mass is 9.55. The molecule has 0 aromatic rings. The first-order valence-corrected chi connectivity index (χ1v) is 17.2. The van der Waals surface area contributed by atoms with Gasteiger partial charge in [-0.15, -0.1) is 0 Å². The Bertz CT molecular complexity index is 518. The van der Waals surface area contributed by atoms with Crippen molar-refractivity contribution < 1.29 is 25.5 Å². The normalized spacial score (nSPS) is 25.6. The highest BCUT2D eigenvalue weighted by molar-refractivity contribution is 5.01. The zero-order valence-corrected chi connectivity index (χ0v) is 25.7. The van der Waals surface area contributed by atoms with Crippen molar-refractivity contribution in [2.45, 2.75) is 167 Å². The van der Waals surface area contributed by atoms with E-state index < -0.39 is 10.8 Å². The standard InChI is InChI=1S/C34H68O5/c35-27-32-25-23-21-19-17-15-13-11-9-7-5-3-1-2-4-6-8-10-12-14-16-18-20-22-24-26-33(28-36,29-37)34(32,30-38)31-39/h32,35-39H,1-31H2. The SMILES string of the molecule is OCC1CCCCCCCCCCCCCCCCCCCCCCCCCCC(CO)(CO)C1(CO)CO. The Morgan fingerprint density at radius 1 is 0.359 bits per heavy atom. The van der Waals surface area contributed by atoms with E-state index in [1.54, 1.807) is 0 Å². The summed E-state index contributed by atoms with van der Waals surface area (Å²) in [5, 5.41) is 52.4. The summed E-state index contributed by atoms with van der Waals surface area (Å²) in [5.41, 5.74) is -2.09. The largest absolute Gasteiger partial charge is 0.396 e. The van der Waals surface area contributed by atoms with Gasteiger partial charge < -0.3 is 25.5 Å². The van der Waals surface area contributed by atoms with Gasteiger partial charge in [-0.1, -0.05) is 154 Å². The van der Waals surface area contributed by atoms with E-state index in [0.29, 0.717) is 12.8 Å². The molecule has 234 valence electrons. The molecule has 0 aliphatic heterocycles. The maximum atomic E-state index is 10.5. The van der Waals surface area contributed by atoms with Gasteiger partial charge in [0.25, 0.3) is 0 Å². The smallest absolute Gasteiger partial charge is 0.0520 e. The van der Waals surface area contributed by atoms with Crippen molar-refractivity contribution in [3.63, 3.8) is 0 Å². The number of aliphatic hydroxyl groups excluding tert-OH is 5. The Morgan fingerprint density at radius 2 is 0.641 bits per heavy atom. The Hall–Kier alpha value is -0.200. The van der Waals surface area contributed by atoms with Gasteiger partial charge in [0.05, 0.1) is 26.4 Å². The molecule has 39 heavy (non-hydrogen) atoms. The van der Waals surface area contributed by atoms with Gasteiger partial charge in [0.2, 0.25) is 0 Å². The highest BCUT2D eigenvalue weighted by atomic mass is 16.3. The first kappa shape index (κ1) is 36.8. The van der Waals surface area contributed by atoms with Crippen molar-refractivity contribution in [3.05, 3.63) is 0 Å². The predicted octanol–water partition coefficient (Wildman–Crippen LogP) is 7.69. The third kappa shape index (κ3) is 14.0. The van der Waals surface area contributed by atoms with Crippen LogP contribution in [0.25, 0.3) is 0 Å². The van der Waals surface area contributed by atoms with Crippen molar-refractivity contribution in [2.24, 2.45) is 16.7 Å². The fraction of sp³-hybridized carbons (Fsp3) is 1.00. The molecule has 1 unspecified atom stereocenters. The van der Waals surface area contributed by atoms with Crippen LogP contribution in [0.5, 0.6) is 0 Å². The number of aliphatic hydroxyl groups is 5. The molecule has 0 saturated heterocycles. The van der Waals surface area contributed by atoms with Crippen LogP contribution in [0.15, 0.2) is 0 Å². The molecule has 1 atom stereocenters. The maximum absolute atomic E-state index is 10.5. The molecule has 0 aromatic carbocycles. The molecule has 0 heterocycles. The van der Waals surface area contributed by atoms with Crippen molar-refractivity contribution in [1.82, 2.24) is 0 Å². The van der Waals surface area contributed by atoms with Gasteiger partial charge in [-0.3, -0.25) is 0 Å². The maximum Gasteiger partial charge on any atom is 0.0520 e. The van der Waals surface area contributed by atoms with E-state index in [-0.39, 0.29) is 39.0 Å². The van der Waals surface area contributed by atoms with Crippen LogP contribution in [0.3, 0.4) is 0 Å². The molecule has 1 aliphatic rings. The topological polar surface area (TPSA) is 101 Å². The minimum Gasteiger partial charge on any atom is -0.396 e. The molecule has 5 N–H and O–H groups in total. The van der Waals surface area contributed by atoms with Gasteiger partial charge in [-0.05, 0) is 18.8 Å². The van der Waals surface area contributed by atoms with E-state index in [2.05, 4.69) is 0 Å². The van der Waals surface area contributed by atoms with Gasteiger partial charge >= 0.3 is 0 Å². The summed E-state index contributed by atoms with van der Waals surface area (Å²) in [6, 6.07) is 0. The van der Waals surface area contributed by atoms with Gasteiger partial charge in [0.1, 0.15) is 0 Å². The van der Waals surface area contributed by atoms with Crippen LogP contribution in [0, 0.1) is 16.7 Å². The first-order valence-electron chi connectivity index (χ1n) is 17.2. The van der Waals surface area contributed by atoms with Crippen LogP contribution in [0.2, 0.25) is 0 Å². The van der Waals surface area contributed by atoms with E-state index in [0.717, 1.165) is 32.1 Å². The van der Waals surface area contributed by atoms with E-state index >= 15 is 0 Å².